The fraction of sp³-hybridized carbons (Fsp3) is 0.296. The lowest BCUT2D eigenvalue weighted by atomic mass is 9.88. The van der Waals surface area contributed by atoms with Crippen LogP contribution in [0.3, 0.4) is 0 Å². The van der Waals surface area contributed by atoms with Crippen LogP contribution >= 0.6 is 0 Å². The second-order valence-electron chi connectivity index (χ2n) is 9.15. The van der Waals surface area contributed by atoms with E-state index >= 15 is 0 Å². The maximum atomic E-state index is 14.3. The molecule has 0 bridgehead atoms. The Balaban J connectivity index is 1.84. The molecule has 3 aromatic carbocycles. The van der Waals surface area contributed by atoms with Gasteiger partial charge >= 0.3 is 18.0 Å². The van der Waals surface area contributed by atoms with E-state index in [0.717, 1.165) is 60.7 Å². The molecule has 1 aliphatic rings. The molecule has 0 spiro atoms. The van der Waals surface area contributed by atoms with Crippen LogP contribution in [0.1, 0.15) is 42.4 Å². The molecular weight excluding hydrogens is 551 g/mol. The summed E-state index contributed by atoms with van der Waals surface area (Å²) >= 11 is 0. The van der Waals surface area contributed by atoms with E-state index in [-0.39, 0.29) is 28.9 Å². The normalized spacial score (nSPS) is 16.1. The van der Waals surface area contributed by atoms with Crippen LogP contribution in [-0.4, -0.2) is 20.8 Å². The summed E-state index contributed by atoms with van der Waals surface area (Å²) in [5, 5.41) is 8.87. The summed E-state index contributed by atoms with van der Waals surface area (Å²) in [6, 6.07) is 12.5. The van der Waals surface area contributed by atoms with Gasteiger partial charge in [0.1, 0.15) is 16.3 Å². The zero-order chi connectivity index (χ0) is 28.7. The second-order valence-corrected chi connectivity index (χ2v) is 11.4. The summed E-state index contributed by atoms with van der Waals surface area (Å²) in [5.74, 6) is -1.45. The fourth-order valence-electron chi connectivity index (χ4n) is 4.94. The molecular formula is C27H20F7NO3S. The van der Waals surface area contributed by atoms with Crippen LogP contribution in [0, 0.1) is 17.1 Å². The van der Waals surface area contributed by atoms with E-state index in [1.807, 2.05) is 0 Å². The van der Waals surface area contributed by atoms with Crippen LogP contribution in [0.5, 0.6) is 5.75 Å². The first-order chi connectivity index (χ1) is 18.2. The van der Waals surface area contributed by atoms with Crippen LogP contribution in [0.2, 0.25) is 0 Å². The van der Waals surface area contributed by atoms with Crippen molar-refractivity contribution in [2.45, 2.75) is 53.3 Å². The van der Waals surface area contributed by atoms with E-state index in [1.54, 1.807) is 6.07 Å². The van der Waals surface area contributed by atoms with Gasteiger partial charge in [-0.25, -0.2) is 12.8 Å². The quantitative estimate of drug-likeness (QED) is 0.229. The van der Waals surface area contributed by atoms with Gasteiger partial charge in [-0.05, 0) is 66.9 Å². The first-order valence-electron chi connectivity index (χ1n) is 11.6. The number of hydrogen-bond acceptors (Lipinski definition) is 4. The van der Waals surface area contributed by atoms with Gasteiger partial charge in [0.15, 0.2) is 9.84 Å². The highest BCUT2D eigenvalue weighted by Crippen LogP contribution is 2.54. The number of nitriles is 1. The Morgan fingerprint density at radius 3 is 1.74 bits per heavy atom. The Morgan fingerprint density at radius 2 is 1.28 bits per heavy atom. The van der Waals surface area contributed by atoms with Gasteiger partial charge in [-0.1, -0.05) is 37.1 Å². The molecule has 4 nitrogen and oxygen atoms in total. The minimum absolute atomic E-state index is 0.000505. The zero-order valence-corrected chi connectivity index (χ0v) is 20.8. The van der Waals surface area contributed by atoms with Crippen LogP contribution in [-0.2, 0) is 20.2 Å². The van der Waals surface area contributed by atoms with Crippen LogP contribution in [0.4, 0.5) is 30.7 Å². The molecule has 1 aliphatic carbocycles. The summed E-state index contributed by atoms with van der Waals surface area (Å²) in [6.07, 6.45) is -10.9. The highest BCUT2D eigenvalue weighted by Gasteiger charge is 2.74. The summed E-state index contributed by atoms with van der Waals surface area (Å²) in [5.41, 5.74) is -6.07. The number of benzene rings is 3. The highest BCUT2D eigenvalue weighted by atomic mass is 32.2. The second kappa shape index (κ2) is 9.86. The molecule has 0 amide bonds. The number of hydrogen-bond donors (Lipinski definition) is 0. The summed E-state index contributed by atoms with van der Waals surface area (Å²) in [4.78, 5) is -0.209. The lowest BCUT2D eigenvalue weighted by molar-refractivity contribution is -0.365. The Hall–Kier alpha value is -3.59. The molecule has 0 atom stereocenters. The first-order valence-corrected chi connectivity index (χ1v) is 13.1. The van der Waals surface area contributed by atoms with E-state index in [1.165, 1.54) is 0 Å². The van der Waals surface area contributed by atoms with Crippen molar-refractivity contribution >= 4 is 9.84 Å². The lowest BCUT2D eigenvalue weighted by Crippen LogP contribution is -2.58. The lowest BCUT2D eigenvalue weighted by Gasteiger charge is -2.38. The summed E-state index contributed by atoms with van der Waals surface area (Å²) in [6.45, 7) is 0. The zero-order valence-electron chi connectivity index (χ0n) is 20.0. The number of sulfone groups is 1. The van der Waals surface area contributed by atoms with Gasteiger partial charge in [0.25, 0.3) is 0 Å². The smallest absolute Gasteiger partial charge is 0.442 e. The number of rotatable bonds is 6. The molecule has 4 rings (SSSR count). The third-order valence-electron chi connectivity index (χ3n) is 6.92. The van der Waals surface area contributed by atoms with Crippen molar-refractivity contribution < 1.29 is 43.9 Å². The molecule has 39 heavy (non-hydrogen) atoms. The molecule has 0 aromatic heterocycles. The molecule has 0 aliphatic heterocycles. The summed E-state index contributed by atoms with van der Waals surface area (Å²) in [7, 11) is -4.20. The molecule has 1 saturated carbocycles. The van der Waals surface area contributed by atoms with Gasteiger partial charge in [0, 0.05) is 5.56 Å². The van der Waals surface area contributed by atoms with E-state index in [2.05, 4.69) is 4.74 Å². The topological polar surface area (TPSA) is 67.2 Å². The maximum absolute atomic E-state index is 14.3. The Bertz CT molecular complexity index is 1450. The van der Waals surface area contributed by atoms with Crippen molar-refractivity contribution in [3.8, 4) is 11.8 Å². The van der Waals surface area contributed by atoms with Gasteiger partial charge in [-0.3, -0.25) is 0 Å². The van der Waals surface area contributed by atoms with Gasteiger partial charge in [0.05, 0.1) is 16.5 Å². The fourth-order valence-corrected chi connectivity index (χ4v) is 7.16. The van der Waals surface area contributed by atoms with Crippen molar-refractivity contribution in [3.05, 3.63) is 95.3 Å². The van der Waals surface area contributed by atoms with Crippen molar-refractivity contribution in [2.24, 2.45) is 0 Å². The van der Waals surface area contributed by atoms with Gasteiger partial charge < -0.3 is 4.74 Å². The van der Waals surface area contributed by atoms with Gasteiger partial charge in [-0.15, -0.1) is 0 Å². The van der Waals surface area contributed by atoms with Crippen LogP contribution in [0.15, 0.2) is 77.7 Å². The van der Waals surface area contributed by atoms with Gasteiger partial charge in [0.2, 0.25) is 0 Å². The number of ether oxygens (including phenoxy) is 1. The molecule has 0 radical (unpaired) electrons. The average Bonchev–Trinajstić information content (AvgIpc) is 3.39. The molecule has 0 unspecified atom stereocenters. The SMILES string of the molecule is N#Cc1ccc(OC(c2ccc(C3(S(=O)(=O)c4ccc(F)cc4)CCCC3)cc2)(C(F)(F)F)C(F)(F)F)cc1. The average molecular weight is 572 g/mol. The van der Waals surface area contributed by atoms with Crippen molar-refractivity contribution in [2.75, 3.05) is 0 Å². The summed E-state index contributed by atoms with van der Waals surface area (Å²) < 4.78 is 129. The molecule has 3 aromatic rings. The minimum Gasteiger partial charge on any atom is -0.464 e. The first kappa shape index (κ1) is 28.4. The number of alkyl halides is 6. The largest absolute Gasteiger partial charge is 0.464 e. The molecule has 206 valence electrons. The Kier molecular flexibility index (Phi) is 7.19. The van der Waals surface area contributed by atoms with E-state index in [4.69, 9.17) is 5.26 Å². The monoisotopic (exact) mass is 571 g/mol. The predicted molar refractivity (Wildman–Crippen MR) is 126 cm³/mol. The third-order valence-corrected chi connectivity index (χ3v) is 9.49. The molecule has 12 heteroatoms. The van der Waals surface area contributed by atoms with Crippen LogP contribution < -0.4 is 4.74 Å². The number of halogens is 7. The molecule has 1 fully saturated rings. The predicted octanol–water partition coefficient (Wildman–Crippen LogP) is 7.34. The standard InChI is InChI=1S/C27H20F7NO3S/c28-21-9-13-23(14-10-21)39(36,37)24(15-1-2-16-24)19-5-7-20(8-6-19)25(26(29,30)31,27(32,33)34)38-22-11-3-18(17-35)4-12-22/h3-14H,1-2,15-16H2. The van der Waals surface area contributed by atoms with Gasteiger partial charge in [-0.2, -0.15) is 31.6 Å². The van der Waals surface area contributed by atoms with Crippen LogP contribution in [0.25, 0.3) is 0 Å². The number of nitrogens with zero attached hydrogens (tertiary/aromatic N) is 1. The van der Waals surface area contributed by atoms with Crippen molar-refractivity contribution in [1.29, 1.82) is 5.26 Å². The van der Waals surface area contributed by atoms with E-state index in [9.17, 15) is 39.2 Å². The van der Waals surface area contributed by atoms with E-state index in [0.29, 0.717) is 25.0 Å². The van der Waals surface area contributed by atoms with Crippen molar-refractivity contribution in [1.82, 2.24) is 0 Å². The molecule has 0 N–H and O–H groups in total. The minimum atomic E-state index is -5.98. The molecule has 0 saturated heterocycles. The Morgan fingerprint density at radius 1 is 0.769 bits per heavy atom. The Labute approximate surface area is 219 Å². The molecule has 0 heterocycles. The maximum Gasteiger partial charge on any atom is 0.442 e. The highest BCUT2D eigenvalue weighted by molar-refractivity contribution is 7.92. The van der Waals surface area contributed by atoms with Crippen molar-refractivity contribution in [3.63, 3.8) is 0 Å². The van der Waals surface area contributed by atoms with E-state index < -0.39 is 49.7 Å². The third kappa shape index (κ3) is 4.73.